The van der Waals surface area contributed by atoms with Gasteiger partial charge in [0.05, 0.1) is 5.88 Å². The van der Waals surface area contributed by atoms with Crippen molar-refractivity contribution in [3.63, 3.8) is 0 Å². The number of Topliss-reactive ketones (excluding diaryl/α,β-unsaturated/α-hetero) is 1. The van der Waals surface area contributed by atoms with E-state index in [9.17, 15) is 4.79 Å². The topological polar surface area (TPSA) is 36.4 Å². The Morgan fingerprint density at radius 1 is 1.65 bits per heavy atom. The van der Waals surface area contributed by atoms with Gasteiger partial charge < -0.3 is 9.80 Å². The van der Waals surface area contributed by atoms with Crippen LogP contribution in [0.1, 0.15) is 17.4 Å². The predicted molar refractivity (Wildman–Crippen MR) is 71.5 cm³/mol. The standard InChI is InChI=1S/C11H16ClN3OS/c1-8-6-14(2)3-4-15(8)11-13-9(7-17-11)10(16)5-12/h7-8H,3-6H2,1-2H3. The summed E-state index contributed by atoms with van der Waals surface area (Å²) < 4.78 is 0. The summed E-state index contributed by atoms with van der Waals surface area (Å²) in [4.78, 5) is 20.4. The number of alkyl halides is 1. The number of rotatable bonds is 3. The first-order valence-electron chi connectivity index (χ1n) is 5.61. The van der Waals surface area contributed by atoms with Gasteiger partial charge in [-0.3, -0.25) is 4.79 Å². The number of thiazole rings is 1. The summed E-state index contributed by atoms with van der Waals surface area (Å²) in [5.41, 5.74) is 0.492. The lowest BCUT2D eigenvalue weighted by Crippen LogP contribution is -2.50. The van der Waals surface area contributed by atoms with E-state index in [0.717, 1.165) is 24.8 Å². The molecule has 1 unspecified atom stereocenters. The van der Waals surface area contributed by atoms with Crippen LogP contribution in [-0.4, -0.2) is 54.3 Å². The zero-order chi connectivity index (χ0) is 12.4. The fraction of sp³-hybridized carbons (Fsp3) is 0.636. The largest absolute Gasteiger partial charge is 0.343 e. The number of nitrogens with zero attached hydrogens (tertiary/aromatic N) is 3. The molecule has 1 fully saturated rings. The Morgan fingerprint density at radius 2 is 2.41 bits per heavy atom. The zero-order valence-corrected chi connectivity index (χ0v) is 11.6. The van der Waals surface area contributed by atoms with E-state index in [1.165, 1.54) is 11.3 Å². The summed E-state index contributed by atoms with van der Waals surface area (Å²) in [5.74, 6) is -0.0995. The van der Waals surface area contributed by atoms with Gasteiger partial charge in [-0.15, -0.1) is 22.9 Å². The summed E-state index contributed by atoms with van der Waals surface area (Å²) >= 11 is 7.05. The number of likely N-dealkylation sites (N-methyl/N-ethyl adjacent to an activating group) is 1. The zero-order valence-electron chi connectivity index (χ0n) is 10.0. The average Bonchev–Trinajstić information content (AvgIpc) is 2.77. The van der Waals surface area contributed by atoms with Crippen LogP contribution in [0.4, 0.5) is 5.13 Å². The highest BCUT2D eigenvalue weighted by molar-refractivity contribution is 7.14. The highest BCUT2D eigenvalue weighted by Crippen LogP contribution is 2.24. The van der Waals surface area contributed by atoms with Gasteiger partial charge in [0, 0.05) is 31.1 Å². The van der Waals surface area contributed by atoms with Gasteiger partial charge in [0.2, 0.25) is 0 Å². The van der Waals surface area contributed by atoms with Crippen LogP contribution >= 0.6 is 22.9 Å². The van der Waals surface area contributed by atoms with Gasteiger partial charge in [0.15, 0.2) is 10.9 Å². The fourth-order valence-corrected chi connectivity index (χ4v) is 3.11. The second-order valence-electron chi connectivity index (χ2n) is 4.38. The van der Waals surface area contributed by atoms with E-state index in [1.54, 1.807) is 5.38 Å². The van der Waals surface area contributed by atoms with Crippen molar-refractivity contribution in [1.29, 1.82) is 0 Å². The minimum atomic E-state index is -0.101. The molecule has 17 heavy (non-hydrogen) atoms. The number of aromatic nitrogens is 1. The smallest absolute Gasteiger partial charge is 0.196 e. The molecule has 6 heteroatoms. The van der Waals surface area contributed by atoms with E-state index < -0.39 is 0 Å². The third-order valence-corrected chi connectivity index (χ3v) is 4.10. The number of ketones is 1. The summed E-state index contributed by atoms with van der Waals surface area (Å²) in [6, 6.07) is 0.429. The molecule has 2 rings (SSSR count). The van der Waals surface area contributed by atoms with Crippen LogP contribution in [0.25, 0.3) is 0 Å². The van der Waals surface area contributed by atoms with Crippen LogP contribution in [0, 0.1) is 0 Å². The maximum absolute atomic E-state index is 11.4. The molecule has 1 saturated heterocycles. The van der Waals surface area contributed by atoms with Crippen LogP contribution in [-0.2, 0) is 0 Å². The molecule has 0 N–H and O–H groups in total. The summed E-state index contributed by atoms with van der Waals surface area (Å²) in [6.07, 6.45) is 0. The maximum atomic E-state index is 11.4. The van der Waals surface area contributed by atoms with Crippen molar-refractivity contribution in [3.8, 4) is 0 Å². The molecule has 0 amide bonds. The van der Waals surface area contributed by atoms with Crippen LogP contribution in [0.3, 0.4) is 0 Å². The van der Waals surface area contributed by atoms with Gasteiger partial charge in [-0.25, -0.2) is 4.98 Å². The Bertz CT molecular complexity index is 409. The summed E-state index contributed by atoms with van der Waals surface area (Å²) in [5, 5.41) is 2.73. The second-order valence-corrected chi connectivity index (χ2v) is 5.48. The van der Waals surface area contributed by atoms with Gasteiger partial charge in [-0.2, -0.15) is 0 Å². The highest BCUT2D eigenvalue weighted by Gasteiger charge is 2.24. The normalized spacial score (nSPS) is 21.8. The van der Waals surface area contributed by atoms with Crippen molar-refractivity contribution in [3.05, 3.63) is 11.1 Å². The lowest BCUT2D eigenvalue weighted by Gasteiger charge is -2.38. The molecule has 1 aliphatic heterocycles. The number of piperazine rings is 1. The molecule has 0 aromatic carbocycles. The van der Waals surface area contributed by atoms with E-state index in [2.05, 4.69) is 28.8 Å². The van der Waals surface area contributed by atoms with Gasteiger partial charge in [0.25, 0.3) is 0 Å². The summed E-state index contributed by atoms with van der Waals surface area (Å²) in [7, 11) is 2.12. The Balaban J connectivity index is 2.12. The first-order valence-corrected chi connectivity index (χ1v) is 7.03. The van der Waals surface area contributed by atoms with Crippen molar-refractivity contribution in [2.45, 2.75) is 13.0 Å². The molecule has 1 aromatic heterocycles. The number of hydrogen-bond donors (Lipinski definition) is 0. The van der Waals surface area contributed by atoms with E-state index in [0.29, 0.717) is 11.7 Å². The number of carbonyl (C=O) groups excluding carboxylic acids is 1. The lowest BCUT2D eigenvalue weighted by atomic mass is 10.2. The number of hydrogen-bond acceptors (Lipinski definition) is 5. The molecule has 1 aromatic rings. The Hall–Kier alpha value is -0.650. The molecule has 0 bridgehead atoms. The van der Waals surface area contributed by atoms with Crippen molar-refractivity contribution in [1.82, 2.24) is 9.88 Å². The molecule has 0 saturated carbocycles. The molecular formula is C11H16ClN3OS. The highest BCUT2D eigenvalue weighted by atomic mass is 35.5. The molecule has 2 heterocycles. The fourth-order valence-electron chi connectivity index (χ4n) is 2.02. The monoisotopic (exact) mass is 273 g/mol. The van der Waals surface area contributed by atoms with Crippen molar-refractivity contribution < 1.29 is 4.79 Å². The molecule has 0 aliphatic carbocycles. The van der Waals surface area contributed by atoms with Crippen LogP contribution in [0.15, 0.2) is 5.38 Å². The Morgan fingerprint density at radius 3 is 3.06 bits per heavy atom. The van der Waals surface area contributed by atoms with Crippen molar-refractivity contribution in [2.24, 2.45) is 0 Å². The van der Waals surface area contributed by atoms with E-state index in [4.69, 9.17) is 11.6 Å². The second kappa shape index (κ2) is 5.33. The number of halogens is 1. The van der Waals surface area contributed by atoms with E-state index in [-0.39, 0.29) is 11.7 Å². The molecule has 94 valence electrons. The molecule has 0 radical (unpaired) electrons. The minimum Gasteiger partial charge on any atom is -0.343 e. The Labute approximate surface area is 110 Å². The van der Waals surface area contributed by atoms with Crippen LogP contribution in [0.5, 0.6) is 0 Å². The molecular weight excluding hydrogens is 258 g/mol. The molecule has 1 atom stereocenters. The van der Waals surface area contributed by atoms with E-state index >= 15 is 0 Å². The quantitative estimate of drug-likeness (QED) is 0.621. The molecule has 1 aliphatic rings. The third kappa shape index (κ3) is 2.78. The van der Waals surface area contributed by atoms with Crippen molar-refractivity contribution in [2.75, 3.05) is 37.5 Å². The lowest BCUT2D eigenvalue weighted by molar-refractivity contribution is 0.101. The first kappa shape index (κ1) is 12.8. The number of carbonyl (C=O) groups is 1. The van der Waals surface area contributed by atoms with Crippen molar-refractivity contribution >= 4 is 33.9 Å². The molecule has 0 spiro atoms. The van der Waals surface area contributed by atoms with E-state index in [1.807, 2.05) is 0 Å². The Kier molecular flexibility index (Phi) is 4.01. The third-order valence-electron chi connectivity index (χ3n) is 2.98. The molecule has 4 nitrogen and oxygen atoms in total. The predicted octanol–water partition coefficient (Wildman–Crippen LogP) is 1.70. The first-order chi connectivity index (χ1) is 8.11. The van der Waals surface area contributed by atoms with Gasteiger partial charge in [-0.1, -0.05) is 0 Å². The van der Waals surface area contributed by atoms with Gasteiger partial charge in [-0.05, 0) is 14.0 Å². The van der Waals surface area contributed by atoms with Crippen LogP contribution < -0.4 is 4.90 Å². The average molecular weight is 274 g/mol. The number of anilines is 1. The minimum absolute atomic E-state index is 0.00145. The van der Waals surface area contributed by atoms with Gasteiger partial charge in [0.1, 0.15) is 5.69 Å². The van der Waals surface area contributed by atoms with Gasteiger partial charge >= 0.3 is 0 Å². The summed E-state index contributed by atoms with van der Waals surface area (Å²) in [6.45, 7) is 5.20. The maximum Gasteiger partial charge on any atom is 0.196 e. The SMILES string of the molecule is CC1CN(C)CCN1c1nc(C(=O)CCl)cs1. The van der Waals surface area contributed by atoms with Crippen LogP contribution in [0.2, 0.25) is 0 Å².